The zero-order valence-corrected chi connectivity index (χ0v) is 38.2. The molecule has 6 atom stereocenters. The quantitative estimate of drug-likeness (QED) is 0.119. The molecule has 5 aliphatic rings. The first-order valence-corrected chi connectivity index (χ1v) is 13.8. The van der Waals surface area contributed by atoms with Crippen LogP contribution in [0.15, 0.2) is 23.4 Å². The minimum absolute atomic E-state index is 0. The van der Waals surface area contributed by atoms with Crippen molar-refractivity contribution in [2.45, 2.75) is 58.4 Å². The van der Waals surface area contributed by atoms with Gasteiger partial charge >= 0.3 is 150 Å². The molecule has 0 aromatic carbocycles. The van der Waals surface area contributed by atoms with Crippen molar-refractivity contribution in [3.05, 3.63) is 38.9 Å². The Labute approximate surface area is 370 Å². The summed E-state index contributed by atoms with van der Waals surface area (Å²) in [6, 6.07) is 4.13. The number of halogens is 1. The molecule has 2 unspecified atom stereocenters. The van der Waals surface area contributed by atoms with Crippen molar-refractivity contribution in [1.82, 2.24) is 20.2 Å². The van der Waals surface area contributed by atoms with E-state index in [4.69, 9.17) is 15.2 Å². The van der Waals surface area contributed by atoms with Crippen molar-refractivity contribution in [2.24, 2.45) is 33.7 Å². The number of nitrogens with one attached hydrogen (secondary N) is 1. The standard InChI is InChI=1S/C15H14IN3O2.C10H14N2O2.CH2O3.2Cs.H/c1-15-6-8(15)4-10-11(7-15)19(18-13(10)14(20)21)12-5-9(16)2-3-17-12;1-10-3-5(10)2-6-7(4-10)11-12-8(6)9(13)14;2-1-4-3;;;/h2-3,5,8H,4,6-7H2,1H3,(H,20,21);5-7,11H,2-4H2,1H3,(H,13,14);1,3H;;;/q;;;2*+1;-1/p-1/t8-,15-;5-,6?,7?,10-;;;;/m11..../s1. The largest absolute Gasteiger partial charge is 1.00 e. The molecule has 1 aliphatic heterocycles. The van der Waals surface area contributed by atoms with E-state index in [1.807, 2.05) is 12.1 Å². The number of nitrogens with zero attached hydrogens (tertiary/aromatic N) is 4. The number of carboxylic acids is 2. The number of rotatable bonds is 4. The molecule has 4 aliphatic carbocycles. The SMILES string of the molecule is C[C@@]12CC3NN=C(C(=O)O)C3C[C@@H]1C2.C[C@@]12Cc3c(c(C(=O)O)nn3-c3cc(I)ccn3)C[C@@H]1C2.O=CO[O-].[Cs+].[Cs+].[H-]. The predicted octanol–water partition coefficient (Wildman–Crippen LogP) is -3.91. The number of carbonyl (C=O) groups excluding carboxylic acids is 1. The summed E-state index contributed by atoms with van der Waals surface area (Å²) in [6.45, 7) is 4.40. The van der Waals surface area contributed by atoms with Crippen molar-refractivity contribution < 1.29 is 174 Å². The molecule has 0 radical (unpaired) electrons. The molecular weight excluding hydrogens is 887 g/mol. The molecule has 210 valence electrons. The number of hydrogen-bond acceptors (Lipinski definition) is 9. The summed E-state index contributed by atoms with van der Waals surface area (Å²) in [6.07, 6.45) is 8.00. The van der Waals surface area contributed by atoms with E-state index in [1.54, 1.807) is 10.9 Å². The number of aromatic carboxylic acids is 1. The van der Waals surface area contributed by atoms with Gasteiger partial charge in [0.2, 0.25) is 0 Å². The third kappa shape index (κ3) is 7.89. The second-order valence-electron chi connectivity index (χ2n) is 11.6. The Balaban J connectivity index is 0.000000257. The molecule has 0 saturated heterocycles. The Morgan fingerprint density at radius 1 is 1.20 bits per heavy atom. The second-order valence-corrected chi connectivity index (χ2v) is 12.8. The first-order chi connectivity index (χ1) is 18.5. The average Bonchev–Trinajstić information content (AvgIpc) is 3.62. The Bertz CT molecular complexity index is 1380. The topological polar surface area (TPSA) is 179 Å². The second kappa shape index (κ2) is 14.6. The van der Waals surface area contributed by atoms with Crippen LogP contribution in [0.4, 0.5) is 0 Å². The van der Waals surface area contributed by atoms with Crippen LogP contribution < -0.4 is 148 Å². The number of carbonyl (C=O) groups is 3. The fourth-order valence-electron chi connectivity index (χ4n) is 6.54. The number of hydrogen-bond donors (Lipinski definition) is 3. The van der Waals surface area contributed by atoms with Crippen LogP contribution in [0.3, 0.4) is 0 Å². The molecule has 2 aromatic rings. The first kappa shape index (κ1) is 36.5. The van der Waals surface area contributed by atoms with Crippen molar-refractivity contribution in [2.75, 3.05) is 0 Å². The number of hydrazone groups is 1. The number of aromatic nitrogens is 3. The van der Waals surface area contributed by atoms with E-state index < -0.39 is 11.9 Å². The maximum atomic E-state index is 11.5. The van der Waals surface area contributed by atoms with Gasteiger partial charge in [-0.15, -0.1) is 0 Å². The third-order valence-electron chi connectivity index (χ3n) is 8.99. The minimum atomic E-state index is -0.945. The average molecular weight is 917 g/mol. The van der Waals surface area contributed by atoms with Gasteiger partial charge in [-0.1, -0.05) is 13.8 Å². The molecule has 7 rings (SSSR count). The molecule has 0 amide bonds. The zero-order chi connectivity index (χ0) is 28.1. The summed E-state index contributed by atoms with van der Waals surface area (Å²) < 4.78 is 2.80. The monoisotopic (exact) mass is 917 g/mol. The Morgan fingerprint density at radius 3 is 2.49 bits per heavy atom. The van der Waals surface area contributed by atoms with Crippen LogP contribution in [0.2, 0.25) is 0 Å². The van der Waals surface area contributed by atoms with E-state index >= 15 is 0 Å². The van der Waals surface area contributed by atoms with Crippen molar-refractivity contribution in [3.8, 4) is 5.82 Å². The fourth-order valence-corrected chi connectivity index (χ4v) is 6.98. The Hall–Kier alpha value is 1.03. The molecule has 15 heteroatoms. The fraction of sp³-hybridized carbons (Fsp3) is 0.538. The zero-order valence-electron chi connectivity index (χ0n) is 24.5. The van der Waals surface area contributed by atoms with Crippen LogP contribution in [0, 0.1) is 32.2 Å². The normalized spacial score (nSPS) is 30.5. The third-order valence-corrected chi connectivity index (χ3v) is 9.66. The van der Waals surface area contributed by atoms with Crippen LogP contribution in [0.5, 0.6) is 0 Å². The van der Waals surface area contributed by atoms with Gasteiger partial charge in [0.25, 0.3) is 6.47 Å². The van der Waals surface area contributed by atoms with Crippen LogP contribution in [-0.2, 0) is 27.3 Å². The van der Waals surface area contributed by atoms with Crippen LogP contribution >= 0.6 is 22.6 Å². The van der Waals surface area contributed by atoms with Gasteiger partial charge in [0.15, 0.2) is 11.5 Å². The molecule has 3 saturated carbocycles. The summed E-state index contributed by atoms with van der Waals surface area (Å²) in [5.74, 6) is 0.424. The molecular formula is C26H30Cs2IN5O7. The molecule has 0 bridgehead atoms. The van der Waals surface area contributed by atoms with Crippen molar-refractivity contribution >= 4 is 46.7 Å². The summed E-state index contributed by atoms with van der Waals surface area (Å²) >= 11 is 2.23. The van der Waals surface area contributed by atoms with Gasteiger partial charge in [-0.2, -0.15) is 10.2 Å². The first-order valence-electron chi connectivity index (χ1n) is 12.7. The van der Waals surface area contributed by atoms with Crippen molar-refractivity contribution in [1.29, 1.82) is 0 Å². The van der Waals surface area contributed by atoms with Gasteiger partial charge in [0.1, 0.15) is 5.71 Å². The van der Waals surface area contributed by atoms with Crippen LogP contribution in [-0.4, -0.2) is 55.1 Å². The van der Waals surface area contributed by atoms with Crippen LogP contribution in [0.1, 0.15) is 62.7 Å². The van der Waals surface area contributed by atoms with E-state index in [0.29, 0.717) is 28.3 Å². The maximum Gasteiger partial charge on any atom is 1.00 e. The van der Waals surface area contributed by atoms with Crippen molar-refractivity contribution in [3.63, 3.8) is 0 Å². The summed E-state index contributed by atoms with van der Waals surface area (Å²) in [7, 11) is 0. The maximum absolute atomic E-state index is 11.5. The molecule has 0 spiro atoms. The molecule has 3 fully saturated rings. The van der Waals surface area contributed by atoms with E-state index in [-0.39, 0.29) is 163 Å². The molecule has 2 aromatic heterocycles. The molecule has 41 heavy (non-hydrogen) atoms. The smallest absolute Gasteiger partial charge is 1.00 e. The number of aliphatic carboxylic acids is 1. The predicted molar refractivity (Wildman–Crippen MR) is 144 cm³/mol. The van der Waals surface area contributed by atoms with Gasteiger partial charge in [0.05, 0.1) is 11.7 Å². The molecule has 3 heterocycles. The van der Waals surface area contributed by atoms with E-state index in [2.05, 4.69) is 61.9 Å². The molecule has 3 N–H and O–H groups in total. The van der Waals surface area contributed by atoms with Crippen LogP contribution in [0.25, 0.3) is 5.82 Å². The van der Waals surface area contributed by atoms with Gasteiger partial charge in [-0.3, -0.25) is 4.79 Å². The van der Waals surface area contributed by atoms with Gasteiger partial charge in [0, 0.05) is 21.2 Å². The van der Waals surface area contributed by atoms with E-state index in [9.17, 15) is 14.7 Å². The summed E-state index contributed by atoms with van der Waals surface area (Å²) in [4.78, 5) is 38.0. The number of fused-ring (bicyclic) bond motifs is 4. The number of pyridine rings is 1. The summed E-state index contributed by atoms with van der Waals surface area (Å²) in [5, 5.41) is 35.1. The van der Waals surface area contributed by atoms with E-state index in [0.717, 1.165) is 46.4 Å². The summed E-state index contributed by atoms with van der Waals surface area (Å²) in [5.41, 5.74) is 6.26. The van der Waals surface area contributed by atoms with E-state index in [1.165, 1.54) is 12.8 Å². The Morgan fingerprint density at radius 2 is 1.88 bits per heavy atom. The minimum Gasteiger partial charge on any atom is -1.00 e. The van der Waals surface area contributed by atoms with Gasteiger partial charge < -0.3 is 27.2 Å². The number of carboxylic acid groups (broad SMARTS) is 2. The Kier molecular flexibility index (Phi) is 13.0. The van der Waals surface area contributed by atoms with Gasteiger partial charge in [-0.05, 0) is 95.9 Å². The van der Waals surface area contributed by atoms with Gasteiger partial charge in [-0.25, -0.2) is 19.3 Å². The molecule has 12 nitrogen and oxygen atoms in total.